The normalized spacial score (nSPS) is 18.3. The molecule has 8 nitrogen and oxygen atoms in total. The summed E-state index contributed by atoms with van der Waals surface area (Å²) in [6, 6.07) is 7.11. The van der Waals surface area contributed by atoms with E-state index in [4.69, 9.17) is 9.15 Å². The second kappa shape index (κ2) is 9.77. The molecule has 11 heteroatoms. The number of nitrogens with one attached hydrogen (secondary N) is 1. The number of rotatable bonds is 5. The van der Waals surface area contributed by atoms with E-state index < -0.39 is 17.6 Å². The highest BCUT2D eigenvalue weighted by Gasteiger charge is 2.34. The zero-order valence-electron chi connectivity index (χ0n) is 19.0. The number of hydrogen-bond donors (Lipinski definition) is 1. The molecule has 3 aromatic heterocycles. The first-order valence-corrected chi connectivity index (χ1v) is 10.9. The van der Waals surface area contributed by atoms with Gasteiger partial charge < -0.3 is 19.4 Å². The standard InChI is InChI=1S/C24H23F3N4O4/c1-14-11-18(34-15(2)32)7-10-31(14)22-19(12-17(13-29-22)24(25,26)27)30-23(33)21-4-3-20(35-21)16-5-8-28-9-6-16/h3-6,8-9,12-14,18H,7,10-11H2,1-2H3,(H,30,33)/t14-,18-/m0/s1. The predicted molar refractivity (Wildman–Crippen MR) is 121 cm³/mol. The molecule has 1 amide bonds. The Bertz CT molecular complexity index is 1210. The van der Waals surface area contributed by atoms with Crippen LogP contribution in [0, 0.1) is 0 Å². The molecule has 0 radical (unpaired) electrons. The molecule has 0 unspecified atom stereocenters. The van der Waals surface area contributed by atoms with Crippen molar-refractivity contribution in [2.45, 2.75) is 45.0 Å². The molecule has 184 valence electrons. The van der Waals surface area contributed by atoms with Gasteiger partial charge in [0.2, 0.25) is 0 Å². The summed E-state index contributed by atoms with van der Waals surface area (Å²) >= 11 is 0. The predicted octanol–water partition coefficient (Wildman–Crippen LogP) is 4.93. The van der Waals surface area contributed by atoms with Gasteiger partial charge in [-0.05, 0) is 37.3 Å². The number of alkyl halides is 3. The molecule has 0 bridgehead atoms. The first kappa shape index (κ1) is 24.2. The Labute approximate surface area is 199 Å². The molecule has 1 N–H and O–H groups in total. The van der Waals surface area contributed by atoms with Crippen LogP contribution in [0.25, 0.3) is 11.3 Å². The van der Waals surface area contributed by atoms with Crippen LogP contribution >= 0.6 is 0 Å². The Morgan fingerprint density at radius 2 is 1.94 bits per heavy atom. The third-order valence-electron chi connectivity index (χ3n) is 5.67. The second-order valence-corrected chi connectivity index (χ2v) is 8.25. The maximum Gasteiger partial charge on any atom is 0.417 e. The maximum atomic E-state index is 13.4. The third-order valence-corrected chi connectivity index (χ3v) is 5.67. The Morgan fingerprint density at radius 1 is 1.20 bits per heavy atom. The van der Waals surface area contributed by atoms with Gasteiger partial charge in [0.05, 0.1) is 11.3 Å². The van der Waals surface area contributed by atoms with E-state index in [0.29, 0.717) is 30.7 Å². The van der Waals surface area contributed by atoms with Crippen LogP contribution in [0.1, 0.15) is 42.8 Å². The van der Waals surface area contributed by atoms with Crippen LogP contribution in [0.2, 0.25) is 0 Å². The number of pyridine rings is 2. The molecule has 35 heavy (non-hydrogen) atoms. The van der Waals surface area contributed by atoms with Gasteiger partial charge >= 0.3 is 12.1 Å². The summed E-state index contributed by atoms with van der Waals surface area (Å²) in [7, 11) is 0. The fraction of sp³-hybridized carbons (Fsp3) is 0.333. The lowest BCUT2D eigenvalue weighted by Gasteiger charge is -2.38. The summed E-state index contributed by atoms with van der Waals surface area (Å²) in [6.45, 7) is 3.57. The molecular weight excluding hydrogens is 465 g/mol. The van der Waals surface area contributed by atoms with Gasteiger partial charge in [0.25, 0.3) is 5.91 Å². The number of ether oxygens (including phenoxy) is 1. The molecule has 1 fully saturated rings. The van der Waals surface area contributed by atoms with E-state index in [1.54, 1.807) is 35.5 Å². The number of esters is 1. The molecule has 2 atom stereocenters. The van der Waals surface area contributed by atoms with E-state index >= 15 is 0 Å². The smallest absolute Gasteiger partial charge is 0.417 e. The zero-order chi connectivity index (χ0) is 25.2. The molecule has 4 rings (SSSR count). The molecule has 1 aliphatic rings. The van der Waals surface area contributed by atoms with Crippen LogP contribution < -0.4 is 10.2 Å². The van der Waals surface area contributed by atoms with Crippen LogP contribution in [-0.2, 0) is 15.7 Å². The molecule has 4 heterocycles. The Morgan fingerprint density at radius 3 is 2.60 bits per heavy atom. The number of anilines is 2. The molecule has 0 aromatic carbocycles. The van der Waals surface area contributed by atoms with Gasteiger partial charge in [0, 0.05) is 56.5 Å². The Kier molecular flexibility index (Phi) is 6.77. The van der Waals surface area contributed by atoms with Crippen LogP contribution in [-0.4, -0.2) is 40.5 Å². The van der Waals surface area contributed by atoms with Gasteiger partial charge in [-0.1, -0.05) is 0 Å². The molecule has 3 aromatic rings. The highest BCUT2D eigenvalue weighted by molar-refractivity contribution is 6.04. The Balaban J connectivity index is 1.60. The van der Waals surface area contributed by atoms with E-state index in [2.05, 4.69) is 15.3 Å². The number of carbonyl (C=O) groups is 2. The number of carbonyl (C=O) groups excluding carboxylic acids is 2. The van der Waals surface area contributed by atoms with Gasteiger partial charge in [-0.15, -0.1) is 0 Å². The van der Waals surface area contributed by atoms with Gasteiger partial charge in [0.1, 0.15) is 11.9 Å². The molecule has 1 saturated heterocycles. The van der Waals surface area contributed by atoms with Gasteiger partial charge in [-0.2, -0.15) is 13.2 Å². The summed E-state index contributed by atoms with van der Waals surface area (Å²) in [5.41, 5.74) is -0.384. The summed E-state index contributed by atoms with van der Waals surface area (Å²) in [6.07, 6.45) is -0.0894. The van der Waals surface area contributed by atoms with Crippen molar-refractivity contribution in [1.29, 1.82) is 0 Å². The molecule has 0 spiro atoms. The maximum absolute atomic E-state index is 13.4. The van der Waals surface area contributed by atoms with Crippen molar-refractivity contribution in [3.8, 4) is 11.3 Å². The lowest BCUT2D eigenvalue weighted by Crippen LogP contribution is -2.44. The topological polar surface area (TPSA) is 97.6 Å². The number of piperidine rings is 1. The lowest BCUT2D eigenvalue weighted by atomic mass is 10.00. The van der Waals surface area contributed by atoms with E-state index in [1.165, 1.54) is 13.0 Å². The SMILES string of the molecule is CC(=O)O[C@H]1CCN(c2ncc(C(F)(F)F)cc2NC(=O)c2ccc(-c3ccncc3)o2)[C@@H](C)C1. The van der Waals surface area contributed by atoms with E-state index in [9.17, 15) is 22.8 Å². The fourth-order valence-electron chi connectivity index (χ4n) is 4.03. The largest absolute Gasteiger partial charge is 0.462 e. The zero-order valence-corrected chi connectivity index (χ0v) is 19.0. The quantitative estimate of drug-likeness (QED) is 0.509. The van der Waals surface area contributed by atoms with Crippen LogP contribution in [0.15, 0.2) is 53.3 Å². The number of aromatic nitrogens is 2. The number of furan rings is 1. The molecule has 0 saturated carbocycles. The summed E-state index contributed by atoms with van der Waals surface area (Å²) in [4.78, 5) is 34.0. The van der Waals surface area contributed by atoms with Crippen molar-refractivity contribution < 1.29 is 31.9 Å². The molecular formula is C24H23F3N4O4. The Hall–Kier alpha value is -3.89. The fourth-order valence-corrected chi connectivity index (χ4v) is 4.03. The van der Waals surface area contributed by atoms with Gasteiger partial charge in [-0.25, -0.2) is 4.98 Å². The molecule has 1 aliphatic heterocycles. The van der Waals surface area contributed by atoms with E-state index in [-0.39, 0.29) is 35.4 Å². The minimum atomic E-state index is -4.64. The monoisotopic (exact) mass is 488 g/mol. The minimum absolute atomic E-state index is 0.0678. The van der Waals surface area contributed by atoms with Crippen molar-refractivity contribution >= 4 is 23.4 Å². The van der Waals surface area contributed by atoms with Crippen molar-refractivity contribution in [3.63, 3.8) is 0 Å². The highest BCUT2D eigenvalue weighted by Crippen LogP contribution is 2.36. The van der Waals surface area contributed by atoms with Crippen molar-refractivity contribution in [3.05, 3.63) is 60.2 Å². The van der Waals surface area contributed by atoms with Crippen molar-refractivity contribution in [2.75, 3.05) is 16.8 Å². The van der Waals surface area contributed by atoms with E-state index in [0.717, 1.165) is 12.3 Å². The number of nitrogens with zero attached hydrogens (tertiary/aromatic N) is 3. The minimum Gasteiger partial charge on any atom is -0.462 e. The summed E-state index contributed by atoms with van der Waals surface area (Å²) in [5, 5.41) is 2.53. The number of halogens is 3. The summed E-state index contributed by atoms with van der Waals surface area (Å²) in [5.74, 6) is -0.556. The van der Waals surface area contributed by atoms with Gasteiger partial charge in [-0.3, -0.25) is 14.6 Å². The number of amides is 1. The third kappa shape index (κ3) is 5.61. The van der Waals surface area contributed by atoms with Crippen LogP contribution in [0.5, 0.6) is 0 Å². The molecule has 0 aliphatic carbocycles. The highest BCUT2D eigenvalue weighted by atomic mass is 19.4. The first-order chi connectivity index (χ1) is 16.6. The van der Waals surface area contributed by atoms with Crippen molar-refractivity contribution in [2.24, 2.45) is 0 Å². The van der Waals surface area contributed by atoms with Gasteiger partial charge in [0.15, 0.2) is 11.6 Å². The van der Waals surface area contributed by atoms with Crippen LogP contribution in [0.4, 0.5) is 24.7 Å². The summed E-state index contributed by atoms with van der Waals surface area (Å²) < 4.78 is 51.1. The number of hydrogen-bond acceptors (Lipinski definition) is 7. The average molecular weight is 488 g/mol. The van der Waals surface area contributed by atoms with Crippen LogP contribution in [0.3, 0.4) is 0 Å². The lowest BCUT2D eigenvalue weighted by molar-refractivity contribution is -0.147. The van der Waals surface area contributed by atoms with Crippen molar-refractivity contribution in [1.82, 2.24) is 9.97 Å². The average Bonchev–Trinajstić information content (AvgIpc) is 3.30. The second-order valence-electron chi connectivity index (χ2n) is 8.25. The van der Waals surface area contributed by atoms with E-state index in [1.807, 2.05) is 6.92 Å². The first-order valence-electron chi connectivity index (χ1n) is 10.9.